The van der Waals surface area contributed by atoms with Crippen LogP contribution in [0.15, 0.2) is 34.9 Å². The molecule has 3 aliphatic carbocycles. The van der Waals surface area contributed by atoms with E-state index in [2.05, 4.69) is 38.7 Å². The van der Waals surface area contributed by atoms with Crippen LogP contribution in [-0.4, -0.2) is 12.6 Å². The summed E-state index contributed by atoms with van der Waals surface area (Å²) in [6.45, 7) is 12.4. The van der Waals surface area contributed by atoms with Gasteiger partial charge < -0.3 is 5.32 Å². The van der Waals surface area contributed by atoms with Crippen molar-refractivity contribution in [2.75, 3.05) is 6.54 Å². The van der Waals surface area contributed by atoms with Crippen LogP contribution in [-0.2, 0) is 0 Å². The lowest BCUT2D eigenvalue weighted by atomic mass is 9.61. The largest absolute Gasteiger partial charge is 0.310 e. The van der Waals surface area contributed by atoms with Crippen molar-refractivity contribution in [2.24, 2.45) is 11.3 Å². The molecule has 0 radical (unpaired) electrons. The number of fused-ring (bicyclic) bond motifs is 1. The van der Waals surface area contributed by atoms with Gasteiger partial charge in [-0.1, -0.05) is 54.7 Å². The number of hydrogen-bond donors (Lipinski definition) is 1. The van der Waals surface area contributed by atoms with E-state index in [0.29, 0.717) is 11.3 Å². The number of allylic oxidation sites excluding steroid dienone is 4. The normalized spacial score (nSPS) is 32.9. The average molecular weight is 300 g/mol. The van der Waals surface area contributed by atoms with E-state index in [-0.39, 0.29) is 0 Å². The Balaban J connectivity index is 1.70. The molecule has 0 bridgehead atoms. The van der Waals surface area contributed by atoms with Crippen molar-refractivity contribution in [3.8, 4) is 0 Å². The molecule has 0 aromatic carbocycles. The lowest BCUT2D eigenvalue weighted by Gasteiger charge is -2.44. The van der Waals surface area contributed by atoms with Crippen molar-refractivity contribution in [1.82, 2.24) is 5.32 Å². The van der Waals surface area contributed by atoms with Gasteiger partial charge in [0.15, 0.2) is 0 Å². The summed E-state index contributed by atoms with van der Waals surface area (Å²) < 4.78 is 0. The van der Waals surface area contributed by atoms with E-state index in [4.69, 9.17) is 0 Å². The molecular formula is C21H33N. The van der Waals surface area contributed by atoms with Gasteiger partial charge in [-0.2, -0.15) is 0 Å². The third-order valence-corrected chi connectivity index (χ3v) is 6.41. The topological polar surface area (TPSA) is 12.0 Å². The monoisotopic (exact) mass is 299 g/mol. The summed E-state index contributed by atoms with van der Waals surface area (Å²) in [5.41, 5.74) is 6.68. The highest BCUT2D eigenvalue weighted by Crippen LogP contribution is 2.51. The summed E-state index contributed by atoms with van der Waals surface area (Å²) >= 11 is 0. The zero-order valence-corrected chi connectivity index (χ0v) is 14.8. The highest BCUT2D eigenvalue weighted by atomic mass is 14.9. The third kappa shape index (κ3) is 3.25. The van der Waals surface area contributed by atoms with Gasteiger partial charge in [-0.25, -0.2) is 0 Å². The maximum absolute atomic E-state index is 4.20. The molecule has 122 valence electrons. The van der Waals surface area contributed by atoms with Crippen LogP contribution in [0.3, 0.4) is 0 Å². The third-order valence-electron chi connectivity index (χ3n) is 6.41. The van der Waals surface area contributed by atoms with E-state index in [9.17, 15) is 0 Å². The summed E-state index contributed by atoms with van der Waals surface area (Å²) in [7, 11) is 0. The minimum Gasteiger partial charge on any atom is -0.310 e. The first-order valence-corrected chi connectivity index (χ1v) is 9.26. The van der Waals surface area contributed by atoms with Gasteiger partial charge in [0.05, 0.1) is 0 Å². The molecule has 0 heterocycles. The van der Waals surface area contributed by atoms with Crippen LogP contribution in [0.1, 0.15) is 72.1 Å². The van der Waals surface area contributed by atoms with Crippen LogP contribution in [0.2, 0.25) is 0 Å². The first-order valence-electron chi connectivity index (χ1n) is 9.26. The molecule has 2 unspecified atom stereocenters. The Morgan fingerprint density at radius 3 is 2.73 bits per heavy atom. The quantitative estimate of drug-likeness (QED) is 0.671. The van der Waals surface area contributed by atoms with Crippen LogP contribution in [0.4, 0.5) is 0 Å². The molecule has 1 heteroatoms. The van der Waals surface area contributed by atoms with Crippen LogP contribution >= 0.6 is 0 Å². The summed E-state index contributed by atoms with van der Waals surface area (Å²) in [4.78, 5) is 0. The second kappa shape index (κ2) is 6.35. The Hall–Kier alpha value is -0.820. The Morgan fingerprint density at radius 2 is 2.05 bits per heavy atom. The molecule has 0 spiro atoms. The van der Waals surface area contributed by atoms with Crippen molar-refractivity contribution in [3.05, 3.63) is 34.9 Å². The fraction of sp³-hybridized carbons (Fsp3) is 0.714. The van der Waals surface area contributed by atoms with Gasteiger partial charge in [0.2, 0.25) is 0 Å². The molecule has 3 aliphatic rings. The van der Waals surface area contributed by atoms with Crippen LogP contribution < -0.4 is 5.32 Å². The maximum atomic E-state index is 4.20. The maximum Gasteiger partial charge on any atom is 0.0170 e. The summed E-state index contributed by atoms with van der Waals surface area (Å²) in [5, 5.41) is 3.81. The van der Waals surface area contributed by atoms with Crippen molar-refractivity contribution in [3.63, 3.8) is 0 Å². The Kier molecular flexibility index (Phi) is 4.64. The SMILES string of the molecule is C=C(C)C1CCC2(C)CC(CNC3CCCC3)=CC(C)=C2C1. The van der Waals surface area contributed by atoms with E-state index >= 15 is 0 Å². The second-order valence-electron chi connectivity index (χ2n) is 8.35. The molecule has 3 rings (SSSR count). The van der Waals surface area contributed by atoms with Gasteiger partial charge in [-0.05, 0) is 63.7 Å². The minimum atomic E-state index is 0.414. The molecule has 0 aromatic rings. The highest BCUT2D eigenvalue weighted by Gasteiger charge is 2.38. The standard InChI is InChI=1S/C21H33N/c1-15(2)18-9-10-21(4)13-17(11-16(3)20(21)12-18)14-22-19-7-5-6-8-19/h11,18-19,22H,1,5-10,12-14H2,2-4H3. The predicted octanol–water partition coefficient (Wildman–Crippen LogP) is 5.55. The fourth-order valence-corrected chi connectivity index (χ4v) is 4.96. The van der Waals surface area contributed by atoms with Gasteiger partial charge in [-0.15, -0.1) is 0 Å². The lowest BCUT2D eigenvalue weighted by molar-refractivity contribution is 0.257. The summed E-state index contributed by atoms with van der Waals surface area (Å²) in [5.74, 6) is 0.713. The van der Waals surface area contributed by atoms with Crippen LogP contribution in [0.5, 0.6) is 0 Å². The second-order valence-corrected chi connectivity index (χ2v) is 8.35. The van der Waals surface area contributed by atoms with Crippen molar-refractivity contribution >= 4 is 0 Å². The fourth-order valence-electron chi connectivity index (χ4n) is 4.96. The van der Waals surface area contributed by atoms with Gasteiger partial charge in [-0.3, -0.25) is 0 Å². The Morgan fingerprint density at radius 1 is 1.32 bits per heavy atom. The molecule has 2 atom stereocenters. The number of hydrogen-bond acceptors (Lipinski definition) is 1. The molecule has 0 amide bonds. The summed E-state index contributed by atoms with van der Waals surface area (Å²) in [6, 6.07) is 0.776. The lowest BCUT2D eigenvalue weighted by Crippen LogP contribution is -2.34. The molecule has 1 nitrogen and oxygen atoms in total. The zero-order valence-electron chi connectivity index (χ0n) is 14.8. The summed E-state index contributed by atoms with van der Waals surface area (Å²) in [6.07, 6.45) is 13.2. The first-order chi connectivity index (χ1) is 10.5. The minimum absolute atomic E-state index is 0.414. The smallest absolute Gasteiger partial charge is 0.0170 e. The van der Waals surface area contributed by atoms with Crippen molar-refractivity contribution < 1.29 is 0 Å². The molecule has 0 aromatic heterocycles. The van der Waals surface area contributed by atoms with Gasteiger partial charge >= 0.3 is 0 Å². The predicted molar refractivity (Wildman–Crippen MR) is 95.9 cm³/mol. The zero-order chi connectivity index (χ0) is 15.7. The number of rotatable bonds is 4. The van der Waals surface area contributed by atoms with Crippen molar-refractivity contribution in [1.29, 1.82) is 0 Å². The number of nitrogens with one attached hydrogen (secondary N) is 1. The van der Waals surface area contributed by atoms with E-state index < -0.39 is 0 Å². The van der Waals surface area contributed by atoms with E-state index in [0.717, 1.165) is 12.6 Å². The Labute approximate surface area is 137 Å². The van der Waals surface area contributed by atoms with Crippen molar-refractivity contribution in [2.45, 2.75) is 78.2 Å². The average Bonchev–Trinajstić information content (AvgIpc) is 2.97. The van der Waals surface area contributed by atoms with Gasteiger partial charge in [0.1, 0.15) is 0 Å². The molecule has 0 saturated heterocycles. The molecule has 2 fully saturated rings. The molecular weight excluding hydrogens is 266 g/mol. The van der Waals surface area contributed by atoms with Gasteiger partial charge in [0.25, 0.3) is 0 Å². The highest BCUT2D eigenvalue weighted by molar-refractivity contribution is 5.39. The molecule has 2 saturated carbocycles. The Bertz CT molecular complexity index is 504. The van der Waals surface area contributed by atoms with Crippen LogP contribution in [0.25, 0.3) is 0 Å². The molecule has 22 heavy (non-hydrogen) atoms. The molecule has 1 N–H and O–H groups in total. The van der Waals surface area contributed by atoms with E-state index in [1.54, 1.807) is 16.7 Å². The molecule has 0 aliphatic heterocycles. The van der Waals surface area contributed by atoms with E-state index in [1.165, 1.54) is 56.9 Å². The van der Waals surface area contributed by atoms with Crippen LogP contribution in [0, 0.1) is 11.3 Å². The first kappa shape index (κ1) is 16.1. The van der Waals surface area contributed by atoms with E-state index in [1.807, 2.05) is 0 Å². The van der Waals surface area contributed by atoms with Gasteiger partial charge in [0, 0.05) is 12.6 Å².